The topological polar surface area (TPSA) is 40.5 Å². The van der Waals surface area contributed by atoms with Crippen LogP contribution in [0.5, 0.6) is 0 Å². The van der Waals surface area contributed by atoms with Gasteiger partial charge in [-0.1, -0.05) is 24.2 Å². The lowest BCUT2D eigenvalue weighted by Gasteiger charge is -1.92. The third kappa shape index (κ3) is 2.86. The third-order valence-electron chi connectivity index (χ3n) is 1.33. The highest BCUT2D eigenvalue weighted by Crippen LogP contribution is 2.04. The Hall–Kier alpha value is -1.13. The van der Waals surface area contributed by atoms with E-state index < -0.39 is 7.12 Å². The van der Waals surface area contributed by atoms with E-state index in [9.17, 15) is 4.39 Å². The van der Waals surface area contributed by atoms with E-state index in [0.29, 0.717) is 0 Å². The summed E-state index contributed by atoms with van der Waals surface area (Å²) < 4.78 is 12.4. The average molecular weight is 166 g/mol. The normalized spacial score (nSPS) is 10.6. The van der Waals surface area contributed by atoms with Crippen molar-refractivity contribution in [3.05, 3.63) is 41.6 Å². The van der Waals surface area contributed by atoms with Crippen molar-refractivity contribution in [3.8, 4) is 0 Å². The van der Waals surface area contributed by atoms with E-state index in [2.05, 4.69) is 0 Å². The molecule has 0 amide bonds. The van der Waals surface area contributed by atoms with Gasteiger partial charge in [-0.2, -0.15) is 0 Å². The van der Waals surface area contributed by atoms with Crippen LogP contribution in [0.1, 0.15) is 5.56 Å². The lowest BCUT2D eigenvalue weighted by Crippen LogP contribution is -2.05. The highest BCUT2D eigenvalue weighted by molar-refractivity contribution is 6.48. The van der Waals surface area contributed by atoms with Gasteiger partial charge in [0.2, 0.25) is 0 Å². The van der Waals surface area contributed by atoms with Crippen LogP contribution in [0.2, 0.25) is 0 Å². The molecule has 0 spiro atoms. The summed E-state index contributed by atoms with van der Waals surface area (Å²) in [5.41, 5.74) is 0.726. The van der Waals surface area contributed by atoms with Crippen LogP contribution in [0.15, 0.2) is 30.2 Å². The van der Waals surface area contributed by atoms with Gasteiger partial charge < -0.3 is 10.0 Å². The molecular weight excluding hydrogens is 158 g/mol. The quantitative estimate of drug-likeness (QED) is 0.639. The maximum Gasteiger partial charge on any atom is 0.480 e. The lowest BCUT2D eigenvalue weighted by atomic mass is 9.91. The van der Waals surface area contributed by atoms with Crippen LogP contribution < -0.4 is 0 Å². The number of rotatable bonds is 2. The number of halogens is 1. The van der Waals surface area contributed by atoms with E-state index in [1.807, 2.05) is 0 Å². The van der Waals surface area contributed by atoms with Crippen LogP contribution >= 0.6 is 0 Å². The van der Waals surface area contributed by atoms with Crippen molar-refractivity contribution >= 4 is 13.2 Å². The molecule has 0 saturated carbocycles. The fourth-order valence-electron chi connectivity index (χ4n) is 0.771. The van der Waals surface area contributed by atoms with Gasteiger partial charge in [-0.25, -0.2) is 4.39 Å². The van der Waals surface area contributed by atoms with E-state index >= 15 is 0 Å². The molecule has 0 aromatic heterocycles. The summed E-state index contributed by atoms with van der Waals surface area (Å²) >= 11 is 0. The molecule has 0 bridgehead atoms. The molecule has 2 N–H and O–H groups in total. The van der Waals surface area contributed by atoms with Gasteiger partial charge in [-0.15, -0.1) is 0 Å². The van der Waals surface area contributed by atoms with Crippen LogP contribution in [0, 0.1) is 5.82 Å². The zero-order valence-electron chi connectivity index (χ0n) is 6.31. The Morgan fingerprint density at radius 2 is 1.75 bits per heavy atom. The standard InChI is InChI=1S/C8H8BFO2/c10-8-3-1-7(2-4-8)5-6-9(11)12/h1-6,11-12H/b6-5+. The summed E-state index contributed by atoms with van der Waals surface area (Å²) in [6.07, 6.45) is 1.50. The highest BCUT2D eigenvalue weighted by Gasteiger charge is 1.97. The fraction of sp³-hybridized carbons (Fsp3) is 0. The van der Waals surface area contributed by atoms with Crippen molar-refractivity contribution in [1.29, 1.82) is 0 Å². The molecule has 62 valence electrons. The zero-order valence-corrected chi connectivity index (χ0v) is 6.31. The Labute approximate surface area is 70.1 Å². The molecule has 4 heteroatoms. The van der Waals surface area contributed by atoms with Crippen LogP contribution in [-0.2, 0) is 0 Å². The van der Waals surface area contributed by atoms with Crippen LogP contribution in [0.3, 0.4) is 0 Å². The maximum absolute atomic E-state index is 12.4. The van der Waals surface area contributed by atoms with E-state index in [4.69, 9.17) is 10.0 Å². The Balaban J connectivity index is 2.71. The summed E-state index contributed by atoms with van der Waals surface area (Å²) in [7, 11) is -1.46. The average Bonchev–Trinajstić information content (AvgIpc) is 2.03. The monoisotopic (exact) mass is 166 g/mol. The third-order valence-corrected chi connectivity index (χ3v) is 1.33. The Bertz CT molecular complexity index is 269. The molecular formula is C8H8BFO2. The molecule has 1 aromatic carbocycles. The maximum atomic E-state index is 12.4. The van der Waals surface area contributed by atoms with E-state index in [1.54, 1.807) is 12.1 Å². The first-order valence-corrected chi connectivity index (χ1v) is 3.48. The van der Waals surface area contributed by atoms with Crippen molar-refractivity contribution in [2.45, 2.75) is 0 Å². The molecule has 0 aliphatic heterocycles. The van der Waals surface area contributed by atoms with Gasteiger partial charge in [0, 0.05) is 0 Å². The van der Waals surface area contributed by atoms with Crippen molar-refractivity contribution in [1.82, 2.24) is 0 Å². The van der Waals surface area contributed by atoms with Crippen LogP contribution in [-0.4, -0.2) is 17.2 Å². The van der Waals surface area contributed by atoms with Crippen molar-refractivity contribution < 1.29 is 14.4 Å². The summed E-state index contributed by atoms with van der Waals surface area (Å²) in [5.74, 6) is 0.893. The Morgan fingerprint density at radius 1 is 1.17 bits per heavy atom. The highest BCUT2D eigenvalue weighted by atomic mass is 19.1. The summed E-state index contributed by atoms with van der Waals surface area (Å²) in [5, 5.41) is 16.9. The van der Waals surface area contributed by atoms with Crippen molar-refractivity contribution in [2.75, 3.05) is 0 Å². The summed E-state index contributed by atoms with van der Waals surface area (Å²) in [4.78, 5) is 0. The van der Waals surface area contributed by atoms with Gasteiger partial charge in [0.25, 0.3) is 0 Å². The molecule has 0 unspecified atom stereocenters. The Kier molecular flexibility index (Phi) is 3.02. The second-order valence-electron chi connectivity index (χ2n) is 2.32. The van der Waals surface area contributed by atoms with Gasteiger partial charge in [0.05, 0.1) is 0 Å². The first-order valence-electron chi connectivity index (χ1n) is 3.48. The van der Waals surface area contributed by atoms with Gasteiger partial charge in [0.15, 0.2) is 0 Å². The summed E-state index contributed by atoms with van der Waals surface area (Å²) in [6.45, 7) is 0. The first-order chi connectivity index (χ1) is 5.68. The second kappa shape index (κ2) is 4.04. The molecule has 0 saturated heterocycles. The van der Waals surface area contributed by atoms with E-state index in [1.165, 1.54) is 24.2 Å². The predicted molar refractivity (Wildman–Crippen MR) is 45.6 cm³/mol. The molecule has 12 heavy (non-hydrogen) atoms. The van der Waals surface area contributed by atoms with Crippen LogP contribution in [0.25, 0.3) is 6.08 Å². The minimum Gasteiger partial charge on any atom is -0.424 e. The fourth-order valence-corrected chi connectivity index (χ4v) is 0.771. The van der Waals surface area contributed by atoms with Gasteiger partial charge in [0.1, 0.15) is 5.82 Å². The molecule has 0 aliphatic rings. The molecule has 0 heterocycles. The lowest BCUT2D eigenvalue weighted by molar-refractivity contribution is 0.424. The number of benzene rings is 1. The minimum atomic E-state index is -1.46. The first kappa shape index (κ1) is 8.97. The molecule has 0 atom stereocenters. The minimum absolute atomic E-state index is 0.309. The van der Waals surface area contributed by atoms with Crippen molar-refractivity contribution in [2.24, 2.45) is 0 Å². The predicted octanol–water partition coefficient (Wildman–Crippen LogP) is 0.851. The van der Waals surface area contributed by atoms with Crippen LogP contribution in [0.4, 0.5) is 4.39 Å². The molecule has 1 aromatic rings. The molecule has 1 rings (SSSR count). The zero-order chi connectivity index (χ0) is 8.97. The van der Waals surface area contributed by atoms with E-state index in [-0.39, 0.29) is 5.82 Å². The van der Waals surface area contributed by atoms with Gasteiger partial charge >= 0.3 is 7.12 Å². The SMILES string of the molecule is OB(O)/C=C/c1ccc(F)cc1. The van der Waals surface area contributed by atoms with Gasteiger partial charge in [-0.3, -0.25) is 0 Å². The smallest absolute Gasteiger partial charge is 0.424 e. The second-order valence-corrected chi connectivity index (χ2v) is 2.32. The molecule has 0 fully saturated rings. The van der Waals surface area contributed by atoms with Crippen molar-refractivity contribution in [3.63, 3.8) is 0 Å². The molecule has 2 nitrogen and oxygen atoms in total. The summed E-state index contributed by atoms with van der Waals surface area (Å²) in [6, 6.07) is 5.72. The largest absolute Gasteiger partial charge is 0.480 e. The molecule has 0 aliphatic carbocycles. The number of hydrogen-bond acceptors (Lipinski definition) is 2. The molecule has 0 radical (unpaired) electrons. The van der Waals surface area contributed by atoms with E-state index in [0.717, 1.165) is 5.56 Å². The number of hydrogen-bond donors (Lipinski definition) is 2. The van der Waals surface area contributed by atoms with Gasteiger partial charge in [-0.05, 0) is 17.7 Å². The Morgan fingerprint density at radius 3 is 2.25 bits per heavy atom.